The minimum Gasteiger partial charge on any atom is -0.478 e. The topological polar surface area (TPSA) is 116 Å². The van der Waals surface area contributed by atoms with Crippen LogP contribution in [0.2, 0.25) is 0 Å². The van der Waals surface area contributed by atoms with Crippen LogP contribution in [0.5, 0.6) is 5.75 Å². The molecule has 0 saturated carbocycles. The number of nitrogens with two attached hydrogens (primary N) is 1. The molecule has 0 aliphatic heterocycles. The third kappa shape index (κ3) is 2.52. The molecule has 0 spiro atoms. The number of non-ortho nitro benzene ring substituents is 1. The van der Waals surface area contributed by atoms with Crippen LogP contribution >= 0.6 is 0 Å². The number of nitrogens with zero attached hydrogens (tertiary/aromatic N) is 1. The van der Waals surface area contributed by atoms with E-state index in [0.29, 0.717) is 10.8 Å². The molecule has 1 unspecified atom stereocenters. The normalized spacial score (nSPS) is 12.1. The third-order valence-electron chi connectivity index (χ3n) is 2.82. The molecule has 2 aromatic carbocycles. The Bertz CT molecular complexity index is 671. The van der Waals surface area contributed by atoms with Gasteiger partial charge in [-0.3, -0.25) is 10.1 Å². The zero-order chi connectivity index (χ0) is 14.7. The summed E-state index contributed by atoms with van der Waals surface area (Å²) in [6.07, 6.45) is -1.19. The van der Waals surface area contributed by atoms with E-state index in [9.17, 15) is 14.9 Å². The maximum Gasteiger partial charge on any atom is 0.346 e. The monoisotopic (exact) mass is 276 g/mol. The summed E-state index contributed by atoms with van der Waals surface area (Å²) in [5.41, 5.74) is 5.27. The van der Waals surface area contributed by atoms with Crippen molar-refractivity contribution in [1.82, 2.24) is 0 Å². The van der Waals surface area contributed by atoms with Gasteiger partial charge in [0.2, 0.25) is 6.10 Å². The molecule has 1 atom stereocenters. The van der Waals surface area contributed by atoms with Gasteiger partial charge in [-0.2, -0.15) is 0 Å². The average Bonchev–Trinajstić information content (AvgIpc) is 2.43. The fourth-order valence-electron chi connectivity index (χ4n) is 1.87. The van der Waals surface area contributed by atoms with Crippen molar-refractivity contribution in [3.63, 3.8) is 0 Å². The van der Waals surface area contributed by atoms with Crippen LogP contribution < -0.4 is 10.5 Å². The summed E-state index contributed by atoms with van der Waals surface area (Å²) in [6.45, 7) is -0.194. The molecular weight excluding hydrogens is 264 g/mol. The second-order valence-corrected chi connectivity index (χ2v) is 4.07. The maximum absolute atomic E-state index is 11.0. The van der Waals surface area contributed by atoms with Crippen molar-refractivity contribution in [3.05, 3.63) is 46.5 Å². The highest BCUT2D eigenvalue weighted by Gasteiger charge is 2.20. The van der Waals surface area contributed by atoms with Crippen LogP contribution in [0.25, 0.3) is 10.8 Å². The highest BCUT2D eigenvalue weighted by atomic mass is 16.6. The number of nitro benzene ring substituents is 1. The van der Waals surface area contributed by atoms with Gasteiger partial charge in [-0.25, -0.2) is 4.79 Å². The molecule has 7 nitrogen and oxygen atoms in total. The molecule has 20 heavy (non-hydrogen) atoms. The molecule has 0 radical (unpaired) electrons. The molecular formula is C13H12N2O5. The zero-order valence-corrected chi connectivity index (χ0v) is 10.4. The highest BCUT2D eigenvalue weighted by molar-refractivity contribution is 5.95. The molecule has 3 N–H and O–H groups in total. The predicted octanol–water partition coefficient (Wildman–Crippen LogP) is 1.54. The number of hydrogen-bond donors (Lipinski definition) is 2. The van der Waals surface area contributed by atoms with E-state index in [2.05, 4.69) is 0 Å². The molecule has 0 aromatic heterocycles. The Hall–Kier alpha value is -2.67. The molecule has 2 aromatic rings. The molecule has 0 saturated heterocycles. The summed E-state index contributed by atoms with van der Waals surface area (Å²) in [5, 5.41) is 20.8. The van der Waals surface area contributed by atoms with Crippen LogP contribution in [0.15, 0.2) is 36.4 Å². The molecule has 0 bridgehead atoms. The van der Waals surface area contributed by atoms with Crippen LogP contribution in [0.3, 0.4) is 0 Å². The van der Waals surface area contributed by atoms with Gasteiger partial charge in [-0.15, -0.1) is 0 Å². The number of carboxylic acids is 1. The fraction of sp³-hybridized carbons (Fsp3) is 0.154. The number of carboxylic acid groups (broad SMARTS) is 1. The van der Waals surface area contributed by atoms with Gasteiger partial charge in [0.1, 0.15) is 5.75 Å². The standard InChI is InChI=1S/C13H12N2O5/c14-7-12(13(16)17)20-11-6-5-10(15(18)19)8-3-1-2-4-9(8)11/h1-6,12H,7,14H2,(H,16,17). The van der Waals surface area contributed by atoms with Crippen LogP contribution in [-0.4, -0.2) is 28.6 Å². The Balaban J connectivity index is 2.53. The molecule has 0 fully saturated rings. The largest absolute Gasteiger partial charge is 0.478 e. The number of aliphatic carboxylic acids is 1. The lowest BCUT2D eigenvalue weighted by Crippen LogP contribution is -2.34. The van der Waals surface area contributed by atoms with Crippen molar-refractivity contribution in [1.29, 1.82) is 0 Å². The van der Waals surface area contributed by atoms with E-state index in [0.717, 1.165) is 0 Å². The number of fused-ring (bicyclic) bond motifs is 1. The lowest BCUT2D eigenvalue weighted by molar-refractivity contribution is -0.383. The molecule has 7 heteroatoms. The van der Waals surface area contributed by atoms with Gasteiger partial charge in [0, 0.05) is 18.0 Å². The molecule has 0 aliphatic carbocycles. The Morgan fingerprint density at radius 1 is 1.30 bits per heavy atom. The van der Waals surface area contributed by atoms with E-state index in [1.54, 1.807) is 24.3 Å². The summed E-state index contributed by atoms with van der Waals surface area (Å²) in [6, 6.07) is 9.23. The van der Waals surface area contributed by atoms with Gasteiger partial charge in [0.15, 0.2) is 0 Å². The Labute approximate surface area is 113 Å². The van der Waals surface area contributed by atoms with Crippen LogP contribution in [0.4, 0.5) is 5.69 Å². The number of carbonyl (C=O) groups is 1. The maximum atomic E-state index is 11.0. The molecule has 0 heterocycles. The molecule has 2 rings (SSSR count). The van der Waals surface area contributed by atoms with E-state index >= 15 is 0 Å². The summed E-state index contributed by atoms with van der Waals surface area (Å²) in [7, 11) is 0. The second kappa shape index (κ2) is 5.54. The van der Waals surface area contributed by atoms with Crippen molar-refractivity contribution in [3.8, 4) is 5.75 Å². The number of benzene rings is 2. The van der Waals surface area contributed by atoms with Crippen molar-refractivity contribution in [2.24, 2.45) is 5.73 Å². The van der Waals surface area contributed by atoms with Crippen LogP contribution in [0.1, 0.15) is 0 Å². The van der Waals surface area contributed by atoms with Crippen molar-refractivity contribution >= 4 is 22.4 Å². The summed E-state index contributed by atoms with van der Waals surface area (Å²) < 4.78 is 5.33. The highest BCUT2D eigenvalue weighted by Crippen LogP contribution is 2.33. The van der Waals surface area contributed by atoms with Gasteiger partial charge in [0.05, 0.1) is 10.3 Å². The second-order valence-electron chi connectivity index (χ2n) is 4.07. The Morgan fingerprint density at radius 2 is 1.95 bits per heavy atom. The number of rotatable bonds is 5. The molecule has 104 valence electrons. The van der Waals surface area contributed by atoms with Crippen molar-refractivity contribution in [2.75, 3.05) is 6.54 Å². The van der Waals surface area contributed by atoms with Gasteiger partial charge in [-0.1, -0.05) is 18.2 Å². The van der Waals surface area contributed by atoms with Crippen LogP contribution in [-0.2, 0) is 4.79 Å². The van der Waals surface area contributed by atoms with Gasteiger partial charge in [0.25, 0.3) is 5.69 Å². The first-order chi connectivity index (χ1) is 9.54. The number of ether oxygens (including phenoxy) is 1. The van der Waals surface area contributed by atoms with Crippen molar-refractivity contribution in [2.45, 2.75) is 6.10 Å². The predicted molar refractivity (Wildman–Crippen MR) is 71.7 cm³/mol. The quantitative estimate of drug-likeness (QED) is 0.632. The van der Waals surface area contributed by atoms with E-state index in [1.807, 2.05) is 0 Å². The first kappa shape index (κ1) is 13.8. The summed E-state index contributed by atoms with van der Waals surface area (Å²) >= 11 is 0. The minimum atomic E-state index is -1.19. The Morgan fingerprint density at radius 3 is 2.50 bits per heavy atom. The van der Waals surface area contributed by atoms with Gasteiger partial charge < -0.3 is 15.6 Å². The summed E-state index contributed by atoms with van der Waals surface area (Å²) in [4.78, 5) is 21.4. The lowest BCUT2D eigenvalue weighted by Gasteiger charge is -2.14. The smallest absolute Gasteiger partial charge is 0.346 e. The molecule has 0 aliphatic rings. The van der Waals surface area contributed by atoms with E-state index in [1.165, 1.54) is 12.1 Å². The van der Waals surface area contributed by atoms with E-state index in [4.69, 9.17) is 15.6 Å². The summed E-state index contributed by atoms with van der Waals surface area (Å²) in [5.74, 6) is -0.931. The average molecular weight is 276 g/mol. The minimum absolute atomic E-state index is 0.0624. The van der Waals surface area contributed by atoms with Crippen molar-refractivity contribution < 1.29 is 19.6 Å². The lowest BCUT2D eigenvalue weighted by atomic mass is 10.1. The van der Waals surface area contributed by atoms with Gasteiger partial charge in [-0.05, 0) is 12.1 Å². The first-order valence-electron chi connectivity index (χ1n) is 5.80. The SMILES string of the molecule is NCC(Oc1ccc([N+](=O)[O-])c2ccccc12)C(=O)O. The zero-order valence-electron chi connectivity index (χ0n) is 10.4. The Kier molecular flexibility index (Phi) is 3.81. The number of nitro groups is 1. The van der Waals surface area contributed by atoms with Crippen LogP contribution in [0, 0.1) is 10.1 Å². The molecule has 0 amide bonds. The first-order valence-corrected chi connectivity index (χ1v) is 5.80. The number of hydrogen-bond acceptors (Lipinski definition) is 5. The third-order valence-corrected chi connectivity index (χ3v) is 2.82. The van der Waals surface area contributed by atoms with E-state index < -0.39 is 17.0 Å². The fourth-order valence-corrected chi connectivity index (χ4v) is 1.87. The van der Waals surface area contributed by atoms with Gasteiger partial charge >= 0.3 is 5.97 Å². The van der Waals surface area contributed by atoms with E-state index in [-0.39, 0.29) is 18.0 Å².